The summed E-state index contributed by atoms with van der Waals surface area (Å²) in [6.45, 7) is 6.26. The number of nitrogens with zero attached hydrogens (tertiary/aromatic N) is 2. The highest BCUT2D eigenvalue weighted by Crippen LogP contribution is 2.24. The first kappa shape index (κ1) is 29.2. The molecule has 0 saturated heterocycles. The number of benzene rings is 2. The van der Waals surface area contributed by atoms with Gasteiger partial charge in [0.25, 0.3) is 0 Å². The summed E-state index contributed by atoms with van der Waals surface area (Å²) in [5.74, 6) is 0.179. The van der Waals surface area contributed by atoms with Crippen LogP contribution in [0.15, 0.2) is 54.6 Å². The van der Waals surface area contributed by atoms with Gasteiger partial charge in [-0.05, 0) is 43.9 Å². The zero-order chi connectivity index (χ0) is 26.7. The largest absolute Gasteiger partial charge is 0.497 e. The van der Waals surface area contributed by atoms with Crippen molar-refractivity contribution in [1.82, 2.24) is 10.2 Å². The molecule has 0 aliphatic rings. The number of rotatable bonds is 14. The van der Waals surface area contributed by atoms with Gasteiger partial charge in [0.05, 0.1) is 19.1 Å². The van der Waals surface area contributed by atoms with Gasteiger partial charge in [0.15, 0.2) is 0 Å². The third-order valence-electron chi connectivity index (χ3n) is 6.08. The predicted molar refractivity (Wildman–Crippen MR) is 143 cm³/mol. The van der Waals surface area contributed by atoms with E-state index in [0.717, 1.165) is 18.2 Å². The van der Waals surface area contributed by atoms with E-state index in [4.69, 9.17) is 4.74 Å². The van der Waals surface area contributed by atoms with Gasteiger partial charge in [-0.25, -0.2) is 8.42 Å². The van der Waals surface area contributed by atoms with Crippen LogP contribution in [0.5, 0.6) is 5.75 Å². The topological polar surface area (TPSA) is 96.0 Å². The molecule has 0 saturated carbocycles. The Bertz CT molecular complexity index is 1090. The first-order chi connectivity index (χ1) is 17.1. The number of hydrogen-bond acceptors (Lipinski definition) is 5. The highest BCUT2D eigenvalue weighted by molar-refractivity contribution is 7.92. The lowest BCUT2D eigenvalue weighted by molar-refractivity contribution is -0.141. The number of ether oxygens (including phenoxy) is 1. The smallest absolute Gasteiger partial charge is 0.243 e. The molecule has 0 radical (unpaired) electrons. The van der Waals surface area contributed by atoms with Gasteiger partial charge in [0, 0.05) is 31.6 Å². The monoisotopic (exact) mass is 517 g/mol. The van der Waals surface area contributed by atoms with E-state index in [9.17, 15) is 18.0 Å². The number of methoxy groups -OCH3 is 1. The summed E-state index contributed by atoms with van der Waals surface area (Å²) >= 11 is 0. The Labute approximate surface area is 215 Å². The lowest BCUT2D eigenvalue weighted by Crippen LogP contribution is -2.50. The van der Waals surface area contributed by atoms with Crippen molar-refractivity contribution in [2.24, 2.45) is 0 Å². The standard InChI is InChI=1S/C27H39N3O5S/c1-6-21(3)28-27(32)25(7-2)29(20-22-13-9-8-10-14-22)26(31)17-12-18-30(36(5,33)34)23-15-11-16-24(19-23)35-4/h8-11,13-16,19,21,25H,6-7,12,17-18,20H2,1-5H3,(H,28,32)/t21-,25-/m0/s1. The summed E-state index contributed by atoms with van der Waals surface area (Å²) in [5, 5.41) is 3.00. The number of hydrogen-bond donors (Lipinski definition) is 1. The van der Waals surface area contributed by atoms with Crippen molar-refractivity contribution in [2.75, 3.05) is 24.2 Å². The minimum Gasteiger partial charge on any atom is -0.497 e. The van der Waals surface area contributed by atoms with E-state index in [0.29, 0.717) is 30.8 Å². The van der Waals surface area contributed by atoms with E-state index >= 15 is 0 Å². The second-order valence-electron chi connectivity index (χ2n) is 8.89. The molecule has 1 N–H and O–H groups in total. The molecule has 2 atom stereocenters. The third kappa shape index (κ3) is 8.55. The Kier molecular flexibility index (Phi) is 11.2. The van der Waals surface area contributed by atoms with E-state index in [1.807, 2.05) is 51.1 Å². The molecule has 36 heavy (non-hydrogen) atoms. The quantitative estimate of drug-likeness (QED) is 0.409. The van der Waals surface area contributed by atoms with Crippen molar-refractivity contribution in [3.05, 3.63) is 60.2 Å². The fourth-order valence-electron chi connectivity index (χ4n) is 3.91. The minimum absolute atomic E-state index is 0.00594. The molecule has 0 heterocycles. The number of carbonyl (C=O) groups excluding carboxylic acids is 2. The molecule has 0 aliphatic carbocycles. The average molecular weight is 518 g/mol. The van der Waals surface area contributed by atoms with Crippen molar-refractivity contribution in [2.45, 2.75) is 65.1 Å². The highest BCUT2D eigenvalue weighted by atomic mass is 32.2. The maximum absolute atomic E-state index is 13.4. The Morgan fingerprint density at radius 2 is 1.72 bits per heavy atom. The lowest BCUT2D eigenvalue weighted by Gasteiger charge is -2.32. The Morgan fingerprint density at radius 1 is 1.03 bits per heavy atom. The molecule has 198 valence electrons. The number of carbonyl (C=O) groups is 2. The van der Waals surface area contributed by atoms with Gasteiger partial charge in [0.2, 0.25) is 21.8 Å². The van der Waals surface area contributed by atoms with Crippen molar-refractivity contribution in [1.29, 1.82) is 0 Å². The molecule has 0 fully saturated rings. The maximum atomic E-state index is 13.4. The van der Waals surface area contributed by atoms with Crippen LogP contribution in [0.1, 0.15) is 52.0 Å². The summed E-state index contributed by atoms with van der Waals surface area (Å²) in [6, 6.07) is 15.7. The van der Waals surface area contributed by atoms with E-state index < -0.39 is 16.1 Å². The Morgan fingerprint density at radius 3 is 2.31 bits per heavy atom. The molecule has 0 aliphatic heterocycles. The number of nitrogens with one attached hydrogen (secondary N) is 1. The predicted octanol–water partition coefficient (Wildman–Crippen LogP) is 3.96. The summed E-state index contributed by atoms with van der Waals surface area (Å²) in [6.07, 6.45) is 2.82. The molecule has 2 rings (SSSR count). The number of amides is 2. The van der Waals surface area contributed by atoms with Crippen LogP contribution in [-0.2, 0) is 26.2 Å². The molecule has 0 unspecified atom stereocenters. The molecule has 8 nitrogen and oxygen atoms in total. The van der Waals surface area contributed by atoms with Crippen LogP contribution in [0.4, 0.5) is 5.69 Å². The van der Waals surface area contributed by atoms with Crippen molar-refractivity contribution >= 4 is 27.5 Å². The zero-order valence-electron chi connectivity index (χ0n) is 21.9. The number of sulfonamides is 1. The van der Waals surface area contributed by atoms with Gasteiger partial charge in [-0.1, -0.05) is 50.2 Å². The molecular formula is C27H39N3O5S. The van der Waals surface area contributed by atoms with Gasteiger partial charge < -0.3 is 15.0 Å². The molecule has 2 aromatic carbocycles. The molecule has 2 aromatic rings. The summed E-state index contributed by atoms with van der Waals surface area (Å²) in [7, 11) is -2.05. The van der Waals surface area contributed by atoms with Crippen molar-refractivity contribution in [3.8, 4) is 5.75 Å². The molecule has 0 spiro atoms. The zero-order valence-corrected chi connectivity index (χ0v) is 22.8. The van der Waals surface area contributed by atoms with Crippen molar-refractivity contribution in [3.63, 3.8) is 0 Å². The highest BCUT2D eigenvalue weighted by Gasteiger charge is 2.29. The van der Waals surface area contributed by atoms with Crippen LogP contribution < -0.4 is 14.4 Å². The van der Waals surface area contributed by atoms with Gasteiger partial charge in [-0.3, -0.25) is 13.9 Å². The van der Waals surface area contributed by atoms with Crippen LogP contribution in [-0.4, -0.2) is 57.1 Å². The first-order valence-electron chi connectivity index (χ1n) is 12.4. The van der Waals surface area contributed by atoms with E-state index in [-0.39, 0.29) is 30.8 Å². The molecular weight excluding hydrogens is 478 g/mol. The summed E-state index contributed by atoms with van der Waals surface area (Å²) < 4.78 is 31.5. The Hall–Kier alpha value is -3.07. The van der Waals surface area contributed by atoms with Gasteiger partial charge in [-0.15, -0.1) is 0 Å². The second kappa shape index (κ2) is 13.9. The minimum atomic E-state index is -3.57. The Balaban J connectivity index is 2.20. The summed E-state index contributed by atoms with van der Waals surface area (Å²) in [4.78, 5) is 28.1. The SMILES string of the molecule is CC[C@H](C)NC(=O)[C@H](CC)N(Cc1ccccc1)C(=O)CCCN(c1cccc(OC)c1)S(C)(=O)=O. The van der Waals surface area contributed by atoms with E-state index in [2.05, 4.69) is 5.32 Å². The normalized spacial score (nSPS) is 12.9. The van der Waals surface area contributed by atoms with Gasteiger partial charge in [0.1, 0.15) is 11.8 Å². The average Bonchev–Trinajstić information content (AvgIpc) is 2.86. The number of anilines is 1. The molecule has 0 bridgehead atoms. The van der Waals surface area contributed by atoms with E-state index in [1.54, 1.807) is 29.2 Å². The lowest BCUT2D eigenvalue weighted by atomic mass is 10.1. The van der Waals surface area contributed by atoms with Crippen LogP contribution in [0.25, 0.3) is 0 Å². The fraction of sp³-hybridized carbons (Fsp3) is 0.481. The third-order valence-corrected chi connectivity index (χ3v) is 7.27. The van der Waals surface area contributed by atoms with Crippen LogP contribution in [0.2, 0.25) is 0 Å². The van der Waals surface area contributed by atoms with Crippen LogP contribution >= 0.6 is 0 Å². The van der Waals surface area contributed by atoms with Crippen LogP contribution in [0.3, 0.4) is 0 Å². The van der Waals surface area contributed by atoms with E-state index in [1.165, 1.54) is 11.4 Å². The first-order valence-corrected chi connectivity index (χ1v) is 14.2. The van der Waals surface area contributed by atoms with Crippen LogP contribution in [0, 0.1) is 0 Å². The molecule has 2 amide bonds. The molecule has 9 heteroatoms. The van der Waals surface area contributed by atoms with Crippen molar-refractivity contribution < 1.29 is 22.7 Å². The molecule has 0 aromatic heterocycles. The van der Waals surface area contributed by atoms with Gasteiger partial charge >= 0.3 is 0 Å². The fourth-order valence-corrected chi connectivity index (χ4v) is 4.87. The summed E-state index contributed by atoms with van der Waals surface area (Å²) in [5.41, 5.74) is 1.40. The van der Waals surface area contributed by atoms with Gasteiger partial charge in [-0.2, -0.15) is 0 Å². The second-order valence-corrected chi connectivity index (χ2v) is 10.8. The maximum Gasteiger partial charge on any atom is 0.243 e.